The molecule has 4 nitrogen and oxygen atoms in total. The third kappa shape index (κ3) is 1.98. The van der Waals surface area contributed by atoms with Gasteiger partial charge in [0.05, 0.1) is 17.7 Å². The largest absolute Gasteiger partial charge is 0.367 e. The molecule has 0 N–H and O–H groups in total. The highest BCUT2D eigenvalue weighted by Crippen LogP contribution is 2.16. The van der Waals surface area contributed by atoms with Gasteiger partial charge in [-0.05, 0) is 6.92 Å². The van der Waals surface area contributed by atoms with Crippen LogP contribution in [0.2, 0.25) is 0 Å². The molecule has 0 aliphatic carbocycles. The molecule has 12 heavy (non-hydrogen) atoms. The summed E-state index contributed by atoms with van der Waals surface area (Å²) < 4.78 is 0. The first kappa shape index (κ1) is 9.06. The van der Waals surface area contributed by atoms with Crippen LogP contribution < -0.4 is 0 Å². The van der Waals surface area contributed by atoms with Crippen molar-refractivity contribution in [3.05, 3.63) is 33.1 Å². The monoisotopic (exact) mass is 188 g/mol. The number of hydrogen-bond acceptors (Lipinski definition) is 3. The third-order valence-electron chi connectivity index (χ3n) is 1.59. The number of halogens is 1. The van der Waals surface area contributed by atoms with E-state index in [4.69, 9.17) is 11.6 Å². The zero-order valence-corrected chi connectivity index (χ0v) is 7.41. The molecular weight excluding hydrogens is 180 g/mol. The van der Waals surface area contributed by atoms with Crippen LogP contribution in [0.25, 0.3) is 0 Å². The summed E-state index contributed by atoms with van der Waals surface area (Å²) in [5.74, 6) is 0. The second-order valence-electron chi connectivity index (χ2n) is 2.47. The van der Waals surface area contributed by atoms with Gasteiger partial charge < -0.3 is 4.90 Å². The van der Waals surface area contributed by atoms with Gasteiger partial charge in [0.1, 0.15) is 0 Å². The first-order valence-electron chi connectivity index (χ1n) is 3.60. The van der Waals surface area contributed by atoms with Crippen molar-refractivity contribution in [3.63, 3.8) is 0 Å². The highest BCUT2D eigenvalue weighted by molar-refractivity contribution is 6.30. The van der Waals surface area contributed by atoms with Gasteiger partial charge in [-0.15, -0.1) is 0 Å². The molecule has 0 aromatic carbocycles. The molecule has 66 valence electrons. The Morgan fingerprint density at radius 1 is 1.83 bits per heavy atom. The Hall–Kier alpha value is -1.03. The van der Waals surface area contributed by atoms with E-state index < -0.39 is 4.92 Å². The van der Waals surface area contributed by atoms with Gasteiger partial charge in [-0.3, -0.25) is 10.1 Å². The van der Waals surface area contributed by atoms with Crippen molar-refractivity contribution in [3.8, 4) is 0 Å². The van der Waals surface area contributed by atoms with Gasteiger partial charge in [0, 0.05) is 17.7 Å². The average molecular weight is 189 g/mol. The molecular formula is C7H9ClN2O2. The Morgan fingerprint density at radius 2 is 2.50 bits per heavy atom. The average Bonchev–Trinajstić information content (AvgIpc) is 2.03. The van der Waals surface area contributed by atoms with Gasteiger partial charge in [0.25, 0.3) is 5.70 Å². The Bertz CT molecular complexity index is 260. The molecule has 0 saturated heterocycles. The zero-order chi connectivity index (χ0) is 9.14. The van der Waals surface area contributed by atoms with Gasteiger partial charge >= 0.3 is 0 Å². The summed E-state index contributed by atoms with van der Waals surface area (Å²) in [6.45, 7) is 3.21. The summed E-state index contributed by atoms with van der Waals surface area (Å²) in [5.41, 5.74) is 0.0492. The fourth-order valence-electron chi connectivity index (χ4n) is 0.973. The van der Waals surface area contributed by atoms with Gasteiger partial charge in [-0.25, -0.2) is 0 Å². The van der Waals surface area contributed by atoms with E-state index in [2.05, 4.69) is 0 Å². The molecule has 0 aromatic heterocycles. The van der Waals surface area contributed by atoms with Crippen LogP contribution in [0.3, 0.4) is 0 Å². The van der Waals surface area contributed by atoms with E-state index in [-0.39, 0.29) is 5.70 Å². The second-order valence-corrected chi connectivity index (χ2v) is 2.95. The molecule has 0 atom stereocenters. The molecule has 0 saturated carbocycles. The first-order valence-corrected chi connectivity index (χ1v) is 3.97. The van der Waals surface area contributed by atoms with Gasteiger partial charge in [0.15, 0.2) is 0 Å². The van der Waals surface area contributed by atoms with Crippen molar-refractivity contribution in [2.45, 2.75) is 6.92 Å². The Morgan fingerprint density at radius 3 is 3.00 bits per heavy atom. The second kappa shape index (κ2) is 3.58. The van der Waals surface area contributed by atoms with E-state index >= 15 is 0 Å². The molecule has 1 rings (SSSR count). The predicted molar refractivity (Wildman–Crippen MR) is 46.3 cm³/mol. The Labute approximate surface area is 75.3 Å². The van der Waals surface area contributed by atoms with Crippen molar-refractivity contribution in [1.82, 2.24) is 4.90 Å². The van der Waals surface area contributed by atoms with Crippen molar-refractivity contribution in [1.29, 1.82) is 0 Å². The SMILES string of the molecule is CCN1C=C([N+](=O)[O-])C=C(Cl)C1. The first-order chi connectivity index (χ1) is 5.63. The van der Waals surface area contributed by atoms with Gasteiger partial charge in [-0.1, -0.05) is 11.6 Å². The van der Waals surface area contributed by atoms with E-state index in [1.807, 2.05) is 6.92 Å². The molecule has 0 aromatic rings. The van der Waals surface area contributed by atoms with E-state index in [0.29, 0.717) is 11.6 Å². The topological polar surface area (TPSA) is 46.4 Å². The summed E-state index contributed by atoms with van der Waals surface area (Å²) in [5, 5.41) is 10.9. The van der Waals surface area contributed by atoms with E-state index in [0.717, 1.165) is 6.54 Å². The Balaban J connectivity index is 2.84. The van der Waals surface area contributed by atoms with Crippen molar-refractivity contribution in [2.24, 2.45) is 0 Å². The lowest BCUT2D eigenvalue weighted by molar-refractivity contribution is -0.420. The van der Waals surface area contributed by atoms with Gasteiger partial charge in [-0.2, -0.15) is 0 Å². The summed E-state index contributed by atoms with van der Waals surface area (Å²) >= 11 is 5.70. The van der Waals surface area contributed by atoms with E-state index in [1.54, 1.807) is 4.90 Å². The molecule has 1 aliphatic rings. The van der Waals surface area contributed by atoms with Crippen LogP contribution in [0.1, 0.15) is 6.92 Å². The van der Waals surface area contributed by atoms with E-state index in [9.17, 15) is 10.1 Å². The van der Waals surface area contributed by atoms with Crippen LogP contribution in [0, 0.1) is 10.1 Å². The van der Waals surface area contributed by atoms with Crippen LogP contribution in [-0.2, 0) is 0 Å². The maximum absolute atomic E-state index is 10.4. The molecule has 0 bridgehead atoms. The lowest BCUT2D eigenvalue weighted by atomic mass is 10.3. The number of nitro groups is 1. The van der Waals surface area contributed by atoms with E-state index in [1.165, 1.54) is 12.3 Å². The fraction of sp³-hybridized carbons (Fsp3) is 0.429. The van der Waals surface area contributed by atoms with Gasteiger partial charge in [0.2, 0.25) is 0 Å². The standard InChI is InChI=1S/C7H9ClN2O2/c1-2-9-4-6(8)3-7(5-9)10(11)12/h3,5H,2,4H2,1H3. The van der Waals surface area contributed by atoms with Crippen LogP contribution in [0.5, 0.6) is 0 Å². The number of rotatable bonds is 2. The Kier molecular flexibility index (Phi) is 2.70. The zero-order valence-electron chi connectivity index (χ0n) is 6.66. The van der Waals surface area contributed by atoms with Crippen LogP contribution in [0.15, 0.2) is 23.0 Å². The normalized spacial score (nSPS) is 17.0. The maximum Gasteiger partial charge on any atom is 0.286 e. The maximum atomic E-state index is 10.4. The number of hydrogen-bond donors (Lipinski definition) is 0. The molecule has 0 amide bonds. The lowest BCUT2D eigenvalue weighted by Crippen LogP contribution is -2.23. The summed E-state index contributed by atoms with van der Waals surface area (Å²) in [6.07, 6.45) is 2.89. The minimum absolute atomic E-state index is 0.0492. The van der Waals surface area contributed by atoms with Crippen molar-refractivity contribution < 1.29 is 4.92 Å². The predicted octanol–water partition coefficient (Wildman–Crippen LogP) is 1.56. The van der Waals surface area contributed by atoms with Crippen LogP contribution in [0.4, 0.5) is 0 Å². The minimum Gasteiger partial charge on any atom is -0.367 e. The molecule has 1 aliphatic heterocycles. The number of likely N-dealkylation sites (N-methyl/N-ethyl adjacent to an activating group) is 1. The molecule has 1 heterocycles. The molecule has 0 unspecified atom stereocenters. The fourth-order valence-corrected chi connectivity index (χ4v) is 1.24. The van der Waals surface area contributed by atoms with Crippen molar-refractivity contribution >= 4 is 11.6 Å². The quantitative estimate of drug-likeness (QED) is 0.488. The summed E-state index contributed by atoms with van der Waals surface area (Å²) in [7, 11) is 0. The third-order valence-corrected chi connectivity index (χ3v) is 1.82. The number of nitrogens with zero attached hydrogens (tertiary/aromatic N) is 2. The highest BCUT2D eigenvalue weighted by Gasteiger charge is 2.16. The van der Waals surface area contributed by atoms with Crippen LogP contribution in [-0.4, -0.2) is 22.9 Å². The number of allylic oxidation sites excluding steroid dienone is 1. The highest BCUT2D eigenvalue weighted by atomic mass is 35.5. The van der Waals surface area contributed by atoms with Crippen LogP contribution >= 0.6 is 11.6 Å². The molecule has 5 heteroatoms. The summed E-state index contributed by atoms with van der Waals surface area (Å²) in [4.78, 5) is 11.7. The summed E-state index contributed by atoms with van der Waals surface area (Å²) in [6, 6.07) is 0. The smallest absolute Gasteiger partial charge is 0.286 e. The van der Waals surface area contributed by atoms with Crippen molar-refractivity contribution in [2.75, 3.05) is 13.1 Å². The molecule has 0 fully saturated rings. The molecule has 0 radical (unpaired) electrons. The lowest BCUT2D eigenvalue weighted by Gasteiger charge is -2.19. The minimum atomic E-state index is -0.440. The molecule has 0 spiro atoms.